The maximum atomic E-state index is 12.7. The summed E-state index contributed by atoms with van der Waals surface area (Å²) in [5.41, 5.74) is 4.21. The molecule has 0 spiro atoms. The average molecular weight is 476 g/mol. The molecule has 0 atom stereocenters. The van der Waals surface area contributed by atoms with E-state index in [9.17, 15) is 4.79 Å². The molecule has 0 fully saturated rings. The van der Waals surface area contributed by atoms with Crippen molar-refractivity contribution in [2.24, 2.45) is 5.16 Å². The summed E-state index contributed by atoms with van der Waals surface area (Å²) in [7, 11) is 1.59. The minimum absolute atomic E-state index is 0.143. The molecule has 0 saturated carbocycles. The highest BCUT2D eigenvalue weighted by atomic mass is 32.1. The molecule has 0 amide bonds. The molecule has 174 valence electrons. The van der Waals surface area contributed by atoms with Gasteiger partial charge in [-0.2, -0.15) is 0 Å². The van der Waals surface area contributed by atoms with Crippen LogP contribution in [0, 0.1) is 13.8 Å². The summed E-state index contributed by atoms with van der Waals surface area (Å²) in [4.78, 5) is 22.3. The lowest BCUT2D eigenvalue weighted by Crippen LogP contribution is -2.08. The SMILES string of the molecule is COc1cc(/C=N/OCC(=O)c2cc(C)n(-c3nccs3)c2C)ccc1OCc1ccccc1. The quantitative estimate of drug-likeness (QED) is 0.175. The third kappa shape index (κ3) is 5.35. The van der Waals surface area contributed by atoms with E-state index in [0.717, 1.165) is 27.6 Å². The number of benzene rings is 2. The molecule has 0 aliphatic rings. The van der Waals surface area contributed by atoms with Crippen molar-refractivity contribution in [3.05, 3.63) is 94.3 Å². The van der Waals surface area contributed by atoms with Crippen molar-refractivity contribution < 1.29 is 19.1 Å². The van der Waals surface area contributed by atoms with Gasteiger partial charge in [0.1, 0.15) is 6.61 Å². The summed E-state index contributed by atoms with van der Waals surface area (Å²) in [6.45, 7) is 4.14. The number of hydrogen-bond donors (Lipinski definition) is 0. The number of hydrogen-bond acceptors (Lipinski definition) is 7. The Morgan fingerprint density at radius 3 is 2.68 bits per heavy atom. The normalized spacial score (nSPS) is 11.0. The lowest BCUT2D eigenvalue weighted by Gasteiger charge is -2.11. The highest BCUT2D eigenvalue weighted by molar-refractivity contribution is 7.12. The van der Waals surface area contributed by atoms with Crippen molar-refractivity contribution in [2.75, 3.05) is 13.7 Å². The number of ether oxygens (including phenoxy) is 2. The van der Waals surface area contributed by atoms with Crippen LogP contribution in [0.2, 0.25) is 0 Å². The van der Waals surface area contributed by atoms with Crippen LogP contribution in [-0.2, 0) is 11.4 Å². The zero-order chi connectivity index (χ0) is 23.9. The van der Waals surface area contributed by atoms with Gasteiger partial charge in [-0.3, -0.25) is 9.36 Å². The van der Waals surface area contributed by atoms with Crippen molar-refractivity contribution >= 4 is 23.3 Å². The molecule has 2 aromatic heterocycles. The van der Waals surface area contributed by atoms with Crippen molar-refractivity contribution in [2.45, 2.75) is 20.5 Å². The molecule has 2 aromatic carbocycles. The maximum Gasteiger partial charge on any atom is 0.204 e. The lowest BCUT2D eigenvalue weighted by molar-refractivity contribution is 0.0778. The second-order valence-corrected chi connectivity index (χ2v) is 8.42. The number of Topliss-reactive ketones (excluding diaryl/α,β-unsaturated/α-hetero) is 1. The highest BCUT2D eigenvalue weighted by Crippen LogP contribution is 2.28. The highest BCUT2D eigenvalue weighted by Gasteiger charge is 2.18. The molecule has 0 aliphatic heterocycles. The minimum atomic E-state index is -0.159. The summed E-state index contributed by atoms with van der Waals surface area (Å²) in [6, 6.07) is 17.2. The van der Waals surface area contributed by atoms with Crippen LogP contribution >= 0.6 is 11.3 Å². The van der Waals surface area contributed by atoms with Crippen molar-refractivity contribution in [3.8, 4) is 16.6 Å². The monoisotopic (exact) mass is 475 g/mol. The smallest absolute Gasteiger partial charge is 0.204 e. The summed E-state index contributed by atoms with van der Waals surface area (Å²) >= 11 is 1.52. The Bertz CT molecular complexity index is 1280. The van der Waals surface area contributed by atoms with E-state index in [1.807, 2.05) is 72.3 Å². The molecule has 0 radical (unpaired) electrons. The standard InChI is InChI=1S/C26H25N3O4S/c1-18-13-22(19(2)29(18)26-27-11-12-34-26)23(30)17-33-28-15-21-9-10-24(25(14-21)31-3)32-16-20-7-5-4-6-8-20/h4-15H,16-17H2,1-3H3/b28-15+. The number of oxime groups is 1. The molecule has 2 heterocycles. The van der Waals surface area contributed by atoms with Gasteiger partial charge in [-0.25, -0.2) is 4.98 Å². The molecule has 4 rings (SSSR count). The van der Waals surface area contributed by atoms with E-state index < -0.39 is 0 Å². The van der Waals surface area contributed by atoms with E-state index in [-0.39, 0.29) is 12.4 Å². The number of thiazole rings is 1. The lowest BCUT2D eigenvalue weighted by atomic mass is 10.2. The van der Waals surface area contributed by atoms with Crippen LogP contribution in [0.25, 0.3) is 5.13 Å². The van der Waals surface area contributed by atoms with Crippen molar-refractivity contribution in [1.29, 1.82) is 0 Å². The molecule has 0 unspecified atom stereocenters. The van der Waals surface area contributed by atoms with Gasteiger partial charge in [0.05, 0.1) is 13.3 Å². The van der Waals surface area contributed by atoms with Crippen molar-refractivity contribution in [1.82, 2.24) is 9.55 Å². The Balaban J connectivity index is 1.35. The van der Waals surface area contributed by atoms with Crippen LogP contribution in [0.1, 0.15) is 32.9 Å². The summed E-state index contributed by atoms with van der Waals surface area (Å²) in [6.07, 6.45) is 3.28. The van der Waals surface area contributed by atoms with Crippen LogP contribution < -0.4 is 9.47 Å². The van der Waals surface area contributed by atoms with Gasteiger partial charge in [-0.15, -0.1) is 11.3 Å². The van der Waals surface area contributed by atoms with Gasteiger partial charge in [-0.05, 0) is 43.7 Å². The third-order valence-corrected chi connectivity index (χ3v) is 6.00. The average Bonchev–Trinajstić information content (AvgIpc) is 3.48. The zero-order valence-electron chi connectivity index (χ0n) is 19.2. The number of rotatable bonds is 10. The topological polar surface area (TPSA) is 74.9 Å². The zero-order valence-corrected chi connectivity index (χ0v) is 20.0. The van der Waals surface area contributed by atoms with E-state index in [0.29, 0.717) is 23.7 Å². The Kier molecular flexibility index (Phi) is 7.39. The number of ketones is 1. The van der Waals surface area contributed by atoms with Gasteiger partial charge in [0, 0.05) is 34.1 Å². The fourth-order valence-electron chi connectivity index (χ4n) is 3.56. The summed E-state index contributed by atoms with van der Waals surface area (Å²) in [5.74, 6) is 1.08. The molecule has 8 heteroatoms. The Hall–Kier alpha value is -3.91. The summed E-state index contributed by atoms with van der Waals surface area (Å²) < 4.78 is 13.3. The van der Waals surface area contributed by atoms with Gasteiger partial charge in [0.25, 0.3) is 0 Å². The second kappa shape index (κ2) is 10.8. The van der Waals surface area contributed by atoms with Crippen LogP contribution in [0.3, 0.4) is 0 Å². The number of aryl methyl sites for hydroxylation is 1. The van der Waals surface area contributed by atoms with Crippen molar-refractivity contribution in [3.63, 3.8) is 0 Å². The number of carbonyl (C=O) groups is 1. The molecular weight excluding hydrogens is 450 g/mol. The van der Waals surface area contributed by atoms with E-state index in [1.165, 1.54) is 17.6 Å². The van der Waals surface area contributed by atoms with Crippen LogP contribution in [0.15, 0.2) is 71.3 Å². The molecule has 7 nitrogen and oxygen atoms in total. The molecule has 4 aromatic rings. The largest absolute Gasteiger partial charge is 0.493 e. The number of nitrogens with zero attached hydrogens (tertiary/aromatic N) is 3. The molecule has 0 N–H and O–H groups in total. The van der Waals surface area contributed by atoms with Crippen LogP contribution in [-0.4, -0.2) is 35.3 Å². The first-order valence-corrected chi connectivity index (χ1v) is 11.6. The number of carbonyl (C=O) groups excluding carboxylic acids is 1. The molecule has 34 heavy (non-hydrogen) atoms. The van der Waals surface area contributed by atoms with E-state index in [2.05, 4.69) is 10.1 Å². The first kappa shape index (κ1) is 23.3. The predicted molar refractivity (Wildman–Crippen MR) is 133 cm³/mol. The third-order valence-electron chi connectivity index (χ3n) is 5.24. The molecule has 0 aliphatic carbocycles. The number of methoxy groups -OCH3 is 1. The van der Waals surface area contributed by atoms with Crippen LogP contribution in [0.5, 0.6) is 11.5 Å². The van der Waals surface area contributed by atoms with E-state index in [1.54, 1.807) is 19.4 Å². The molecule has 0 bridgehead atoms. The van der Waals surface area contributed by atoms with E-state index in [4.69, 9.17) is 14.3 Å². The van der Waals surface area contributed by atoms with Crippen LogP contribution in [0.4, 0.5) is 0 Å². The van der Waals surface area contributed by atoms with Gasteiger partial charge >= 0.3 is 0 Å². The van der Waals surface area contributed by atoms with Gasteiger partial charge < -0.3 is 14.3 Å². The first-order valence-electron chi connectivity index (χ1n) is 10.7. The van der Waals surface area contributed by atoms with Gasteiger partial charge in [-0.1, -0.05) is 35.5 Å². The maximum absolute atomic E-state index is 12.7. The predicted octanol–water partition coefficient (Wildman–Crippen LogP) is 5.37. The van der Waals surface area contributed by atoms with Gasteiger partial charge in [0.15, 0.2) is 23.2 Å². The molecule has 0 saturated heterocycles. The minimum Gasteiger partial charge on any atom is -0.493 e. The Morgan fingerprint density at radius 2 is 1.94 bits per heavy atom. The van der Waals surface area contributed by atoms with Gasteiger partial charge in [0.2, 0.25) is 5.78 Å². The Labute approximate surface area is 202 Å². The first-order chi connectivity index (χ1) is 16.6. The fourth-order valence-corrected chi connectivity index (χ4v) is 4.31. The Morgan fingerprint density at radius 1 is 1.12 bits per heavy atom. The van der Waals surface area contributed by atoms with E-state index >= 15 is 0 Å². The molecular formula is C26H25N3O4S. The second-order valence-electron chi connectivity index (χ2n) is 7.55. The fraction of sp³-hybridized carbons (Fsp3) is 0.192. The summed E-state index contributed by atoms with van der Waals surface area (Å²) in [5, 5.41) is 6.69. The number of aromatic nitrogens is 2.